The molecule has 0 aromatic heterocycles. The van der Waals surface area contributed by atoms with Crippen molar-refractivity contribution in [1.29, 1.82) is 0 Å². The van der Waals surface area contributed by atoms with Gasteiger partial charge in [-0.1, -0.05) is 31.0 Å². The number of hydrogen-bond acceptors (Lipinski definition) is 4. The zero-order valence-corrected chi connectivity index (χ0v) is 15.2. The van der Waals surface area contributed by atoms with Gasteiger partial charge in [0.25, 0.3) is 0 Å². The monoisotopic (exact) mass is 359 g/mol. The number of hydrogen-bond donors (Lipinski definition) is 3. The molecule has 0 unspecified atom stereocenters. The summed E-state index contributed by atoms with van der Waals surface area (Å²) in [5.41, 5.74) is 2.28. The van der Waals surface area contributed by atoms with Crippen molar-refractivity contribution in [3.05, 3.63) is 28.3 Å². The molecule has 6 nitrogen and oxygen atoms in total. The number of unbranched alkanes of at least 4 members (excludes halogenated alkanes) is 1. The summed E-state index contributed by atoms with van der Waals surface area (Å²) in [5, 5.41) is 18.9. The number of carboxylic acid groups (broad SMARTS) is 2. The lowest BCUT2D eigenvalue weighted by Crippen LogP contribution is -2.18. The zero-order chi connectivity index (χ0) is 18.5. The Hall–Kier alpha value is -1.79. The predicted octanol–water partition coefficient (Wildman–Crippen LogP) is 3.27. The maximum absolute atomic E-state index is 9.10. The highest BCUT2D eigenvalue weighted by atomic mass is 35.5. The highest BCUT2D eigenvalue weighted by Gasteiger charge is 2.06. The second-order valence-corrected chi connectivity index (χ2v) is 5.72. The van der Waals surface area contributed by atoms with Gasteiger partial charge in [-0.05, 0) is 57.0 Å². The Bertz CT molecular complexity index is 499. The molecule has 0 aliphatic carbocycles. The number of ether oxygens (including phenoxy) is 1. The molecule has 1 rings (SSSR count). The molecule has 0 saturated carbocycles. The molecule has 24 heavy (non-hydrogen) atoms. The molecule has 1 aromatic rings. The summed E-state index contributed by atoms with van der Waals surface area (Å²) in [5.74, 6) is -2.82. The Balaban J connectivity index is 0.000000754. The standard InChI is InChI=1S/C15H24ClNO.C2H2O4/c1-4-5-7-17-8-6-9-18-15-13(3)10-12(2)11-14(15)16;3-1(4)2(5)6/h10-11,17H,4-9H2,1-3H3;(H,3,4)(H,5,6). The van der Waals surface area contributed by atoms with E-state index in [2.05, 4.69) is 18.3 Å². The molecule has 0 bridgehead atoms. The number of rotatable bonds is 8. The summed E-state index contributed by atoms with van der Waals surface area (Å²) in [6.45, 7) is 9.09. The summed E-state index contributed by atoms with van der Waals surface area (Å²) in [6, 6.07) is 4.05. The molecular formula is C17H26ClNO5. The van der Waals surface area contributed by atoms with Crippen LogP contribution in [0.1, 0.15) is 37.3 Å². The quantitative estimate of drug-likeness (QED) is 0.487. The Kier molecular flexibility index (Phi) is 11.7. The summed E-state index contributed by atoms with van der Waals surface area (Å²) in [7, 11) is 0. The van der Waals surface area contributed by atoms with Crippen molar-refractivity contribution in [2.75, 3.05) is 19.7 Å². The summed E-state index contributed by atoms with van der Waals surface area (Å²) in [6.07, 6.45) is 3.48. The molecule has 0 atom stereocenters. The van der Waals surface area contributed by atoms with Gasteiger partial charge >= 0.3 is 11.9 Å². The van der Waals surface area contributed by atoms with Crippen LogP contribution >= 0.6 is 11.6 Å². The molecule has 7 heteroatoms. The van der Waals surface area contributed by atoms with E-state index >= 15 is 0 Å². The minimum Gasteiger partial charge on any atom is -0.492 e. The highest BCUT2D eigenvalue weighted by molar-refractivity contribution is 6.32. The normalized spacial score (nSPS) is 9.83. The molecule has 3 N–H and O–H groups in total. The maximum Gasteiger partial charge on any atom is 0.414 e. The number of aryl methyl sites for hydroxylation is 2. The van der Waals surface area contributed by atoms with Crippen LogP contribution in [0.3, 0.4) is 0 Å². The van der Waals surface area contributed by atoms with Gasteiger partial charge in [-0.2, -0.15) is 0 Å². The van der Waals surface area contributed by atoms with Crippen LogP contribution in [0.2, 0.25) is 5.02 Å². The molecule has 0 aliphatic rings. The topological polar surface area (TPSA) is 95.9 Å². The average Bonchev–Trinajstić information content (AvgIpc) is 2.49. The average molecular weight is 360 g/mol. The Labute approximate surface area is 147 Å². The van der Waals surface area contributed by atoms with E-state index in [1.165, 1.54) is 18.4 Å². The van der Waals surface area contributed by atoms with E-state index in [1.807, 2.05) is 19.9 Å². The molecule has 0 saturated heterocycles. The SMILES string of the molecule is CCCCNCCCOc1c(C)cc(C)cc1Cl.O=C(O)C(=O)O. The Morgan fingerprint density at radius 3 is 2.21 bits per heavy atom. The van der Waals surface area contributed by atoms with Gasteiger partial charge in [0.1, 0.15) is 5.75 Å². The van der Waals surface area contributed by atoms with Gasteiger partial charge in [0.15, 0.2) is 0 Å². The summed E-state index contributed by atoms with van der Waals surface area (Å²) in [4.78, 5) is 18.2. The van der Waals surface area contributed by atoms with Gasteiger partial charge in [-0.3, -0.25) is 0 Å². The van der Waals surface area contributed by atoms with E-state index in [4.69, 9.17) is 36.1 Å². The maximum atomic E-state index is 9.10. The van der Waals surface area contributed by atoms with Crippen LogP contribution in [0.25, 0.3) is 0 Å². The molecule has 0 aliphatic heterocycles. The van der Waals surface area contributed by atoms with Crippen LogP contribution in [-0.4, -0.2) is 41.8 Å². The van der Waals surface area contributed by atoms with Crippen molar-refractivity contribution in [3.63, 3.8) is 0 Å². The molecule has 136 valence electrons. The van der Waals surface area contributed by atoms with Gasteiger partial charge in [0.05, 0.1) is 11.6 Å². The molecule has 0 heterocycles. The molecule has 0 amide bonds. The molecule has 0 fully saturated rings. The van der Waals surface area contributed by atoms with Crippen molar-refractivity contribution in [3.8, 4) is 5.75 Å². The van der Waals surface area contributed by atoms with Crippen molar-refractivity contribution in [1.82, 2.24) is 5.32 Å². The fourth-order valence-corrected chi connectivity index (χ4v) is 2.26. The smallest absolute Gasteiger partial charge is 0.414 e. The van der Waals surface area contributed by atoms with E-state index in [0.717, 1.165) is 30.8 Å². The first-order valence-electron chi connectivity index (χ1n) is 7.86. The number of benzene rings is 1. The van der Waals surface area contributed by atoms with Crippen LogP contribution in [0.5, 0.6) is 5.75 Å². The Morgan fingerprint density at radius 1 is 1.12 bits per heavy atom. The fourth-order valence-electron chi connectivity index (χ4n) is 1.88. The van der Waals surface area contributed by atoms with Crippen LogP contribution in [-0.2, 0) is 9.59 Å². The third-order valence-corrected chi connectivity index (χ3v) is 3.29. The van der Waals surface area contributed by atoms with Crippen LogP contribution < -0.4 is 10.1 Å². The lowest BCUT2D eigenvalue weighted by molar-refractivity contribution is -0.159. The summed E-state index contributed by atoms with van der Waals surface area (Å²) >= 11 is 6.18. The third-order valence-electron chi connectivity index (χ3n) is 3.01. The second-order valence-electron chi connectivity index (χ2n) is 5.31. The number of carboxylic acids is 2. The first-order valence-corrected chi connectivity index (χ1v) is 8.23. The minimum absolute atomic E-state index is 0.711. The lowest BCUT2D eigenvalue weighted by Gasteiger charge is -2.12. The van der Waals surface area contributed by atoms with Gasteiger partial charge < -0.3 is 20.3 Å². The van der Waals surface area contributed by atoms with Gasteiger partial charge in [-0.25, -0.2) is 9.59 Å². The number of nitrogens with one attached hydrogen (secondary N) is 1. The van der Waals surface area contributed by atoms with E-state index in [0.29, 0.717) is 11.6 Å². The minimum atomic E-state index is -1.82. The predicted molar refractivity (Wildman–Crippen MR) is 94.1 cm³/mol. The van der Waals surface area contributed by atoms with Gasteiger partial charge in [-0.15, -0.1) is 0 Å². The first kappa shape index (κ1) is 22.2. The zero-order valence-electron chi connectivity index (χ0n) is 14.4. The van der Waals surface area contributed by atoms with E-state index < -0.39 is 11.9 Å². The number of aliphatic carboxylic acids is 2. The first-order chi connectivity index (χ1) is 11.3. The van der Waals surface area contributed by atoms with E-state index in [-0.39, 0.29) is 0 Å². The second kappa shape index (κ2) is 12.6. The van der Waals surface area contributed by atoms with Crippen LogP contribution in [0.15, 0.2) is 12.1 Å². The van der Waals surface area contributed by atoms with Crippen molar-refractivity contribution in [2.45, 2.75) is 40.0 Å². The third kappa shape index (κ3) is 10.1. The fraction of sp³-hybridized carbons (Fsp3) is 0.529. The van der Waals surface area contributed by atoms with Crippen molar-refractivity contribution >= 4 is 23.5 Å². The van der Waals surface area contributed by atoms with Crippen LogP contribution in [0, 0.1) is 13.8 Å². The van der Waals surface area contributed by atoms with E-state index in [9.17, 15) is 0 Å². The number of halogens is 1. The molecule has 1 aromatic carbocycles. The molecule has 0 radical (unpaired) electrons. The van der Waals surface area contributed by atoms with Crippen LogP contribution in [0.4, 0.5) is 0 Å². The largest absolute Gasteiger partial charge is 0.492 e. The van der Waals surface area contributed by atoms with Crippen molar-refractivity contribution in [2.24, 2.45) is 0 Å². The van der Waals surface area contributed by atoms with Gasteiger partial charge in [0.2, 0.25) is 0 Å². The molecule has 0 spiro atoms. The number of carbonyl (C=O) groups is 2. The van der Waals surface area contributed by atoms with Crippen molar-refractivity contribution < 1.29 is 24.5 Å². The Morgan fingerprint density at radius 2 is 1.71 bits per heavy atom. The van der Waals surface area contributed by atoms with E-state index in [1.54, 1.807) is 0 Å². The summed E-state index contributed by atoms with van der Waals surface area (Å²) < 4.78 is 5.76. The van der Waals surface area contributed by atoms with Gasteiger partial charge in [0, 0.05) is 0 Å². The highest BCUT2D eigenvalue weighted by Crippen LogP contribution is 2.29. The lowest BCUT2D eigenvalue weighted by atomic mass is 10.1. The molecular weight excluding hydrogens is 334 g/mol.